The Kier molecular flexibility index (Phi) is 7.05. The minimum Gasteiger partial charge on any atom is -0.465 e. The molecule has 0 bridgehead atoms. The number of rotatable bonds is 7. The molecule has 0 saturated carbocycles. The largest absolute Gasteiger partial charge is 0.465 e. The van der Waals surface area contributed by atoms with Crippen molar-refractivity contribution in [1.82, 2.24) is 30.5 Å². The van der Waals surface area contributed by atoms with Crippen molar-refractivity contribution in [2.45, 2.75) is 52.6 Å². The van der Waals surface area contributed by atoms with Gasteiger partial charge in [0.2, 0.25) is 11.7 Å². The summed E-state index contributed by atoms with van der Waals surface area (Å²) in [4.78, 5) is 30.8. The van der Waals surface area contributed by atoms with E-state index in [1.165, 1.54) is 4.90 Å². The van der Waals surface area contributed by atoms with Gasteiger partial charge < -0.3 is 10.4 Å². The zero-order valence-corrected chi connectivity index (χ0v) is 19.4. The Hall–Kier alpha value is -3.82. The number of nitrogens with zero attached hydrogens (tertiary/aromatic N) is 5. The summed E-state index contributed by atoms with van der Waals surface area (Å²) in [6, 6.07) is 8.35. The van der Waals surface area contributed by atoms with Gasteiger partial charge in [-0.15, -0.1) is 10.2 Å². The van der Waals surface area contributed by atoms with E-state index in [0.29, 0.717) is 23.5 Å². The second-order valence-corrected chi connectivity index (χ2v) is 9.19. The fourth-order valence-electron chi connectivity index (χ4n) is 3.72. The number of anilines is 1. The standard InChI is InChI=1S/C23H29N7O3/c1-14(2)12-19(30(22(32)33)23(3,4)5)21(31)25-18-7-6-16(15-8-10-24-11-9-15)13-17(18)20-26-28-29-27-20/h6-11,13-14,19H,12H2,1-5H3,(H,25,31)(H,32,33)(H,26,27,28,29)/t19-/m1/s1. The van der Waals surface area contributed by atoms with Crippen LogP contribution in [0.4, 0.5) is 10.5 Å². The third-order valence-corrected chi connectivity index (χ3v) is 5.12. The van der Waals surface area contributed by atoms with Gasteiger partial charge in [0.05, 0.1) is 5.69 Å². The second kappa shape index (κ2) is 9.76. The van der Waals surface area contributed by atoms with Gasteiger partial charge in [-0.05, 0) is 73.7 Å². The van der Waals surface area contributed by atoms with E-state index in [1.54, 1.807) is 39.2 Å². The van der Waals surface area contributed by atoms with E-state index in [9.17, 15) is 14.7 Å². The maximum Gasteiger partial charge on any atom is 0.408 e. The Morgan fingerprint density at radius 1 is 1.12 bits per heavy atom. The minimum atomic E-state index is -1.14. The fourth-order valence-corrected chi connectivity index (χ4v) is 3.72. The zero-order valence-electron chi connectivity index (χ0n) is 19.4. The predicted octanol–water partition coefficient (Wildman–Crippen LogP) is 4.06. The molecule has 3 aromatic rings. The van der Waals surface area contributed by atoms with Crippen LogP contribution in [0.3, 0.4) is 0 Å². The molecular formula is C23H29N7O3. The Balaban J connectivity index is 2.01. The number of aromatic amines is 1. The Bertz CT molecular complexity index is 1090. The van der Waals surface area contributed by atoms with E-state index < -0.39 is 23.6 Å². The molecule has 0 radical (unpaired) electrons. The van der Waals surface area contributed by atoms with E-state index in [2.05, 4.69) is 30.9 Å². The first-order valence-corrected chi connectivity index (χ1v) is 10.7. The number of carbonyl (C=O) groups is 2. The van der Waals surface area contributed by atoms with Gasteiger partial charge in [-0.2, -0.15) is 5.21 Å². The minimum absolute atomic E-state index is 0.107. The van der Waals surface area contributed by atoms with Crippen molar-refractivity contribution >= 4 is 17.7 Å². The molecule has 174 valence electrons. The zero-order chi connectivity index (χ0) is 24.2. The molecule has 2 heterocycles. The maximum atomic E-state index is 13.4. The molecule has 2 amide bonds. The molecule has 3 N–H and O–H groups in total. The molecule has 0 aliphatic carbocycles. The molecule has 0 fully saturated rings. The highest BCUT2D eigenvalue weighted by molar-refractivity contribution is 6.00. The average molecular weight is 452 g/mol. The molecule has 33 heavy (non-hydrogen) atoms. The van der Waals surface area contributed by atoms with Crippen LogP contribution in [0.5, 0.6) is 0 Å². The molecule has 0 spiro atoms. The van der Waals surface area contributed by atoms with Gasteiger partial charge in [-0.25, -0.2) is 4.79 Å². The van der Waals surface area contributed by atoms with Crippen molar-refractivity contribution in [3.8, 4) is 22.5 Å². The lowest BCUT2D eigenvalue weighted by atomic mass is 9.96. The van der Waals surface area contributed by atoms with Crippen LogP contribution in [0.2, 0.25) is 0 Å². The van der Waals surface area contributed by atoms with Crippen LogP contribution in [0.25, 0.3) is 22.5 Å². The third-order valence-electron chi connectivity index (χ3n) is 5.12. The highest BCUT2D eigenvalue weighted by Gasteiger charge is 2.38. The van der Waals surface area contributed by atoms with Crippen molar-refractivity contribution < 1.29 is 14.7 Å². The number of carbonyl (C=O) groups excluding carboxylic acids is 1. The number of hydrogen-bond donors (Lipinski definition) is 3. The summed E-state index contributed by atoms with van der Waals surface area (Å²) in [6.07, 6.45) is 2.63. The number of benzene rings is 1. The molecule has 2 aromatic heterocycles. The summed E-state index contributed by atoms with van der Waals surface area (Å²) < 4.78 is 0. The first-order chi connectivity index (χ1) is 15.6. The van der Waals surface area contributed by atoms with Crippen LogP contribution in [-0.2, 0) is 4.79 Å². The Morgan fingerprint density at radius 3 is 2.36 bits per heavy atom. The summed E-state index contributed by atoms with van der Waals surface area (Å²) in [7, 11) is 0. The second-order valence-electron chi connectivity index (χ2n) is 9.19. The highest BCUT2D eigenvalue weighted by Crippen LogP contribution is 2.31. The van der Waals surface area contributed by atoms with Gasteiger partial charge in [0.25, 0.3) is 0 Å². The molecule has 1 aromatic carbocycles. The molecular weight excluding hydrogens is 422 g/mol. The number of H-pyrrole nitrogens is 1. The van der Waals surface area contributed by atoms with Crippen molar-refractivity contribution in [1.29, 1.82) is 0 Å². The molecule has 0 aliphatic heterocycles. The Labute approximate surface area is 192 Å². The summed E-state index contributed by atoms with van der Waals surface area (Å²) in [5.41, 5.74) is 2.09. The van der Waals surface area contributed by atoms with Gasteiger partial charge in [-0.1, -0.05) is 19.9 Å². The van der Waals surface area contributed by atoms with E-state index in [0.717, 1.165) is 11.1 Å². The van der Waals surface area contributed by atoms with Gasteiger partial charge in [0.1, 0.15) is 6.04 Å². The quantitative estimate of drug-likeness (QED) is 0.492. The number of amides is 2. The molecule has 0 unspecified atom stereocenters. The predicted molar refractivity (Wildman–Crippen MR) is 124 cm³/mol. The van der Waals surface area contributed by atoms with Crippen LogP contribution in [0.1, 0.15) is 41.0 Å². The van der Waals surface area contributed by atoms with Gasteiger partial charge in [0.15, 0.2) is 0 Å². The van der Waals surface area contributed by atoms with E-state index in [4.69, 9.17) is 0 Å². The maximum absolute atomic E-state index is 13.4. The van der Waals surface area contributed by atoms with E-state index in [-0.39, 0.29) is 5.92 Å². The van der Waals surface area contributed by atoms with Crippen LogP contribution in [0.15, 0.2) is 42.7 Å². The van der Waals surface area contributed by atoms with Gasteiger partial charge in [-0.3, -0.25) is 14.7 Å². The number of pyridine rings is 1. The third kappa shape index (κ3) is 5.71. The molecule has 10 heteroatoms. The van der Waals surface area contributed by atoms with Crippen molar-refractivity contribution in [2.24, 2.45) is 5.92 Å². The lowest BCUT2D eigenvalue weighted by Crippen LogP contribution is -2.56. The van der Waals surface area contributed by atoms with Crippen molar-refractivity contribution in [3.63, 3.8) is 0 Å². The summed E-state index contributed by atoms with van der Waals surface area (Å²) >= 11 is 0. The number of aromatic nitrogens is 5. The number of carboxylic acid groups (broad SMARTS) is 1. The summed E-state index contributed by atoms with van der Waals surface area (Å²) in [5, 5.41) is 27.0. The lowest BCUT2D eigenvalue weighted by molar-refractivity contribution is -0.123. The number of hydrogen-bond acceptors (Lipinski definition) is 6. The number of tetrazole rings is 1. The summed E-state index contributed by atoms with van der Waals surface area (Å²) in [5.74, 6) is 0.00523. The van der Waals surface area contributed by atoms with Crippen LogP contribution < -0.4 is 5.32 Å². The molecule has 0 aliphatic rings. The first-order valence-electron chi connectivity index (χ1n) is 10.7. The van der Waals surface area contributed by atoms with Crippen molar-refractivity contribution in [3.05, 3.63) is 42.7 Å². The molecule has 0 saturated heterocycles. The average Bonchev–Trinajstić information content (AvgIpc) is 3.27. The van der Waals surface area contributed by atoms with Gasteiger partial charge in [0, 0.05) is 23.5 Å². The Morgan fingerprint density at radius 2 is 1.82 bits per heavy atom. The van der Waals surface area contributed by atoms with Crippen LogP contribution >= 0.6 is 0 Å². The number of nitrogens with one attached hydrogen (secondary N) is 2. The normalized spacial score (nSPS) is 12.4. The van der Waals surface area contributed by atoms with Crippen LogP contribution in [-0.4, -0.2) is 59.2 Å². The lowest BCUT2D eigenvalue weighted by Gasteiger charge is -2.39. The van der Waals surface area contributed by atoms with E-state index >= 15 is 0 Å². The smallest absolute Gasteiger partial charge is 0.408 e. The molecule has 10 nitrogen and oxygen atoms in total. The van der Waals surface area contributed by atoms with Gasteiger partial charge >= 0.3 is 6.09 Å². The fraction of sp³-hybridized carbons (Fsp3) is 0.391. The topological polar surface area (TPSA) is 137 Å². The SMILES string of the molecule is CC(C)C[C@H](C(=O)Nc1ccc(-c2ccncc2)cc1-c1nn[nH]n1)N(C(=O)O)C(C)(C)C. The van der Waals surface area contributed by atoms with E-state index in [1.807, 2.05) is 38.1 Å². The first kappa shape index (κ1) is 23.8. The van der Waals surface area contributed by atoms with Crippen LogP contribution in [0, 0.1) is 5.92 Å². The highest BCUT2D eigenvalue weighted by atomic mass is 16.4. The summed E-state index contributed by atoms with van der Waals surface area (Å²) in [6.45, 7) is 9.23. The molecule has 1 atom stereocenters. The molecule has 3 rings (SSSR count). The monoisotopic (exact) mass is 451 g/mol. The van der Waals surface area contributed by atoms with Crippen molar-refractivity contribution in [2.75, 3.05) is 5.32 Å².